The van der Waals surface area contributed by atoms with Crippen LogP contribution >= 0.6 is 15.9 Å². The summed E-state index contributed by atoms with van der Waals surface area (Å²) >= 11 is 3.37. The Kier molecular flexibility index (Phi) is 7.62. The van der Waals surface area contributed by atoms with E-state index in [0.717, 1.165) is 10.2 Å². The zero-order chi connectivity index (χ0) is 15.0. The number of hydrogen-bond donors (Lipinski definition) is 2. The summed E-state index contributed by atoms with van der Waals surface area (Å²) in [6.45, 7) is 4.64. The molecule has 0 aromatic heterocycles. The Balaban J connectivity index is 2.13. The van der Waals surface area contributed by atoms with E-state index < -0.39 is 6.10 Å². The van der Waals surface area contributed by atoms with Crippen molar-refractivity contribution in [2.24, 2.45) is 5.92 Å². The second kappa shape index (κ2) is 8.97. The minimum absolute atomic E-state index is 0.0532. The van der Waals surface area contributed by atoms with Crippen molar-refractivity contribution in [2.75, 3.05) is 13.2 Å². The van der Waals surface area contributed by atoms with Crippen LogP contribution in [0.15, 0.2) is 28.7 Å². The van der Waals surface area contributed by atoms with E-state index in [2.05, 4.69) is 21.2 Å². The normalized spacial score (nSPS) is 12.2. The SMILES string of the molecule is CC(C)C(O)CNC(=O)CCCOc1cccc(Br)c1. The third-order valence-electron chi connectivity index (χ3n) is 2.89. The second-order valence-corrected chi connectivity index (χ2v) is 5.94. The molecule has 1 amide bonds. The van der Waals surface area contributed by atoms with Crippen LogP contribution in [0.25, 0.3) is 0 Å². The van der Waals surface area contributed by atoms with Gasteiger partial charge in [0, 0.05) is 17.4 Å². The Bertz CT molecular complexity index is 423. The summed E-state index contributed by atoms with van der Waals surface area (Å²) in [5.41, 5.74) is 0. The summed E-state index contributed by atoms with van der Waals surface area (Å²) in [5.74, 6) is 0.882. The molecule has 5 heteroatoms. The van der Waals surface area contributed by atoms with Crippen molar-refractivity contribution in [3.8, 4) is 5.75 Å². The number of halogens is 1. The molecule has 1 rings (SSSR count). The van der Waals surface area contributed by atoms with Gasteiger partial charge in [-0.15, -0.1) is 0 Å². The second-order valence-electron chi connectivity index (χ2n) is 5.02. The number of aliphatic hydroxyl groups is 1. The third-order valence-corrected chi connectivity index (χ3v) is 3.38. The van der Waals surface area contributed by atoms with Crippen LogP contribution in [-0.4, -0.2) is 30.3 Å². The maximum absolute atomic E-state index is 11.6. The van der Waals surface area contributed by atoms with Crippen LogP contribution in [0.5, 0.6) is 5.75 Å². The van der Waals surface area contributed by atoms with Crippen molar-refractivity contribution in [1.82, 2.24) is 5.32 Å². The standard InChI is InChI=1S/C15H22BrNO3/c1-11(2)14(18)10-17-15(19)7-4-8-20-13-6-3-5-12(16)9-13/h3,5-6,9,11,14,18H,4,7-8,10H2,1-2H3,(H,17,19). The number of amides is 1. The number of aliphatic hydroxyl groups excluding tert-OH is 1. The summed E-state index contributed by atoms with van der Waals surface area (Å²) in [7, 11) is 0. The first-order valence-corrected chi connectivity index (χ1v) is 7.61. The van der Waals surface area contributed by atoms with Crippen LogP contribution < -0.4 is 10.1 Å². The average Bonchev–Trinajstić information content (AvgIpc) is 2.41. The highest BCUT2D eigenvalue weighted by Gasteiger charge is 2.10. The maximum atomic E-state index is 11.6. The van der Waals surface area contributed by atoms with Crippen LogP contribution in [0.4, 0.5) is 0 Å². The molecule has 20 heavy (non-hydrogen) atoms. The number of nitrogens with one attached hydrogen (secondary N) is 1. The van der Waals surface area contributed by atoms with Gasteiger partial charge >= 0.3 is 0 Å². The highest BCUT2D eigenvalue weighted by Crippen LogP contribution is 2.17. The number of carbonyl (C=O) groups is 1. The molecule has 1 aromatic carbocycles. The van der Waals surface area contributed by atoms with E-state index in [9.17, 15) is 9.90 Å². The Morgan fingerprint density at radius 2 is 2.20 bits per heavy atom. The van der Waals surface area contributed by atoms with Crippen LogP contribution in [0, 0.1) is 5.92 Å². The van der Waals surface area contributed by atoms with Gasteiger partial charge in [0.1, 0.15) is 5.75 Å². The van der Waals surface area contributed by atoms with Crippen LogP contribution in [0.3, 0.4) is 0 Å². The zero-order valence-corrected chi connectivity index (χ0v) is 13.5. The van der Waals surface area contributed by atoms with Crippen LogP contribution in [0.2, 0.25) is 0 Å². The van der Waals surface area contributed by atoms with Gasteiger partial charge in [-0.1, -0.05) is 35.8 Å². The van der Waals surface area contributed by atoms with Gasteiger partial charge in [0.2, 0.25) is 5.91 Å². The predicted octanol–water partition coefficient (Wildman–Crippen LogP) is 2.74. The molecule has 112 valence electrons. The number of rotatable bonds is 8. The summed E-state index contributed by atoms with van der Waals surface area (Å²) in [4.78, 5) is 11.6. The van der Waals surface area contributed by atoms with Crippen LogP contribution in [0.1, 0.15) is 26.7 Å². The quantitative estimate of drug-likeness (QED) is 0.713. The van der Waals surface area contributed by atoms with Gasteiger partial charge in [0.25, 0.3) is 0 Å². The van der Waals surface area contributed by atoms with E-state index >= 15 is 0 Å². The number of hydrogen-bond acceptors (Lipinski definition) is 3. The first-order chi connectivity index (χ1) is 9.49. The molecule has 0 heterocycles. The smallest absolute Gasteiger partial charge is 0.220 e. The lowest BCUT2D eigenvalue weighted by Crippen LogP contribution is -2.34. The van der Waals surface area contributed by atoms with Crippen molar-refractivity contribution in [3.63, 3.8) is 0 Å². The molecule has 1 atom stereocenters. The Morgan fingerprint density at radius 1 is 1.45 bits per heavy atom. The number of ether oxygens (including phenoxy) is 1. The fourth-order valence-corrected chi connectivity index (χ4v) is 1.90. The molecular weight excluding hydrogens is 322 g/mol. The fourth-order valence-electron chi connectivity index (χ4n) is 1.52. The first kappa shape index (κ1) is 17.0. The Labute approximate surface area is 128 Å². The monoisotopic (exact) mass is 343 g/mol. The third kappa shape index (κ3) is 6.91. The van der Waals surface area contributed by atoms with Crippen molar-refractivity contribution in [2.45, 2.75) is 32.8 Å². The molecule has 0 saturated carbocycles. The molecule has 0 bridgehead atoms. The topological polar surface area (TPSA) is 58.6 Å². The van der Waals surface area contributed by atoms with Gasteiger partial charge < -0.3 is 15.2 Å². The average molecular weight is 344 g/mol. The van der Waals surface area contributed by atoms with E-state index in [0.29, 0.717) is 26.0 Å². The van der Waals surface area contributed by atoms with E-state index in [1.807, 2.05) is 38.1 Å². The van der Waals surface area contributed by atoms with E-state index in [4.69, 9.17) is 4.74 Å². The maximum Gasteiger partial charge on any atom is 0.220 e. The van der Waals surface area contributed by atoms with Gasteiger partial charge in [0.05, 0.1) is 12.7 Å². The molecule has 2 N–H and O–H groups in total. The summed E-state index contributed by atoms with van der Waals surface area (Å²) in [6, 6.07) is 7.60. The molecule has 0 aliphatic carbocycles. The van der Waals surface area contributed by atoms with Crippen LogP contribution in [-0.2, 0) is 4.79 Å². The fraction of sp³-hybridized carbons (Fsp3) is 0.533. The lowest BCUT2D eigenvalue weighted by Gasteiger charge is -2.15. The molecule has 0 aliphatic heterocycles. The largest absolute Gasteiger partial charge is 0.494 e. The number of carbonyl (C=O) groups excluding carboxylic acids is 1. The van der Waals surface area contributed by atoms with Crippen molar-refractivity contribution < 1.29 is 14.6 Å². The van der Waals surface area contributed by atoms with Gasteiger partial charge in [-0.25, -0.2) is 0 Å². The minimum Gasteiger partial charge on any atom is -0.494 e. The van der Waals surface area contributed by atoms with Gasteiger partial charge in [-0.3, -0.25) is 4.79 Å². The van der Waals surface area contributed by atoms with Crippen molar-refractivity contribution in [1.29, 1.82) is 0 Å². The van der Waals surface area contributed by atoms with Crippen molar-refractivity contribution >= 4 is 21.8 Å². The molecule has 0 fully saturated rings. The highest BCUT2D eigenvalue weighted by atomic mass is 79.9. The first-order valence-electron chi connectivity index (χ1n) is 6.82. The molecule has 0 saturated heterocycles. The lowest BCUT2D eigenvalue weighted by molar-refractivity contribution is -0.121. The molecular formula is C15H22BrNO3. The number of benzene rings is 1. The Hall–Kier alpha value is -1.07. The molecule has 1 aromatic rings. The summed E-state index contributed by atoms with van der Waals surface area (Å²) in [6.07, 6.45) is 0.562. The molecule has 0 aliphatic rings. The van der Waals surface area contributed by atoms with Gasteiger partial charge in [0.15, 0.2) is 0 Å². The minimum atomic E-state index is -0.489. The molecule has 4 nitrogen and oxygen atoms in total. The van der Waals surface area contributed by atoms with E-state index in [-0.39, 0.29) is 11.8 Å². The summed E-state index contributed by atoms with van der Waals surface area (Å²) < 4.78 is 6.51. The van der Waals surface area contributed by atoms with Gasteiger partial charge in [-0.05, 0) is 30.5 Å². The molecule has 0 radical (unpaired) electrons. The zero-order valence-electron chi connectivity index (χ0n) is 11.9. The van der Waals surface area contributed by atoms with E-state index in [1.165, 1.54) is 0 Å². The Morgan fingerprint density at radius 3 is 2.85 bits per heavy atom. The summed E-state index contributed by atoms with van der Waals surface area (Å²) in [5, 5.41) is 12.3. The highest BCUT2D eigenvalue weighted by molar-refractivity contribution is 9.10. The molecule has 1 unspecified atom stereocenters. The molecule has 0 spiro atoms. The predicted molar refractivity (Wildman–Crippen MR) is 82.7 cm³/mol. The van der Waals surface area contributed by atoms with Gasteiger partial charge in [-0.2, -0.15) is 0 Å². The lowest BCUT2D eigenvalue weighted by atomic mass is 10.1. The van der Waals surface area contributed by atoms with Crippen molar-refractivity contribution in [3.05, 3.63) is 28.7 Å². The van der Waals surface area contributed by atoms with E-state index in [1.54, 1.807) is 0 Å².